The third kappa shape index (κ3) is 3.88. The number of nitriles is 1. The van der Waals surface area contributed by atoms with Crippen molar-refractivity contribution >= 4 is 11.3 Å². The Balaban J connectivity index is 1.24. The number of rotatable bonds is 6. The van der Waals surface area contributed by atoms with E-state index in [2.05, 4.69) is 45.0 Å². The van der Waals surface area contributed by atoms with Crippen LogP contribution in [0, 0.1) is 11.3 Å². The Morgan fingerprint density at radius 2 is 2.00 bits per heavy atom. The number of pyridine rings is 2. The molecule has 4 fully saturated rings. The first-order chi connectivity index (χ1) is 16.7. The predicted molar refractivity (Wildman–Crippen MR) is 128 cm³/mol. The zero-order valence-corrected chi connectivity index (χ0v) is 19.4. The van der Waals surface area contributed by atoms with Crippen LogP contribution in [0.2, 0.25) is 0 Å². The zero-order chi connectivity index (χ0) is 23.1. The Bertz CT molecular complexity index is 1200. The number of likely N-dealkylation sites (N-methyl/N-ethyl adjacent to an activating group) is 1. The Hall–Kier alpha value is -3.19. The highest BCUT2D eigenvalue weighted by Crippen LogP contribution is 2.34. The van der Waals surface area contributed by atoms with Crippen molar-refractivity contribution in [3.05, 3.63) is 42.4 Å². The molecule has 4 aliphatic heterocycles. The van der Waals surface area contributed by atoms with E-state index in [4.69, 9.17) is 14.5 Å². The number of hydrogen-bond donors (Lipinski definition) is 0. The minimum Gasteiger partial charge on any atom is -0.491 e. The Labute approximate surface area is 199 Å². The Kier molecular flexibility index (Phi) is 5.57. The van der Waals surface area contributed by atoms with Gasteiger partial charge in [0.05, 0.1) is 36.7 Å². The first-order valence-electron chi connectivity index (χ1n) is 12.0. The van der Waals surface area contributed by atoms with E-state index in [1.807, 2.05) is 18.5 Å². The molecule has 9 nitrogen and oxygen atoms in total. The number of aromatic nitrogens is 3. The first-order valence-corrected chi connectivity index (χ1v) is 12.0. The molecule has 2 atom stereocenters. The fraction of sp³-hybridized carbons (Fsp3) is 0.480. The van der Waals surface area contributed by atoms with Crippen molar-refractivity contribution in [3.63, 3.8) is 0 Å². The summed E-state index contributed by atoms with van der Waals surface area (Å²) in [6.07, 6.45) is 6.64. The van der Waals surface area contributed by atoms with E-state index in [1.54, 1.807) is 10.7 Å². The van der Waals surface area contributed by atoms with Crippen LogP contribution in [0.25, 0.3) is 16.6 Å². The van der Waals surface area contributed by atoms with E-state index >= 15 is 0 Å². The molecule has 176 valence electrons. The van der Waals surface area contributed by atoms with Crippen molar-refractivity contribution in [2.45, 2.75) is 18.5 Å². The summed E-state index contributed by atoms with van der Waals surface area (Å²) in [5.41, 5.74) is 3.17. The highest BCUT2D eigenvalue weighted by atomic mass is 16.5. The van der Waals surface area contributed by atoms with Crippen LogP contribution in [-0.4, -0.2) is 96.1 Å². The van der Waals surface area contributed by atoms with Gasteiger partial charge in [0, 0.05) is 62.1 Å². The number of hydrogen-bond acceptors (Lipinski definition) is 8. The summed E-state index contributed by atoms with van der Waals surface area (Å²) >= 11 is 0. The minimum atomic E-state index is 0.540. The Morgan fingerprint density at radius 1 is 1.18 bits per heavy atom. The molecule has 7 rings (SSSR count). The summed E-state index contributed by atoms with van der Waals surface area (Å²) < 4.78 is 13.3. The van der Waals surface area contributed by atoms with Gasteiger partial charge < -0.3 is 14.4 Å². The van der Waals surface area contributed by atoms with Crippen LogP contribution in [0.4, 0.5) is 5.82 Å². The highest BCUT2D eigenvalue weighted by Gasteiger charge is 2.42. The van der Waals surface area contributed by atoms with E-state index in [0.717, 1.165) is 74.1 Å². The van der Waals surface area contributed by atoms with Crippen LogP contribution >= 0.6 is 0 Å². The first kappa shape index (κ1) is 21.4. The van der Waals surface area contributed by atoms with Crippen molar-refractivity contribution in [2.75, 3.05) is 64.5 Å². The summed E-state index contributed by atoms with van der Waals surface area (Å²) in [5, 5.41) is 14.0. The molecule has 9 heteroatoms. The molecular weight excluding hydrogens is 430 g/mol. The molecule has 34 heavy (non-hydrogen) atoms. The minimum absolute atomic E-state index is 0.540. The van der Waals surface area contributed by atoms with E-state index in [0.29, 0.717) is 24.3 Å². The maximum Gasteiger partial charge on any atom is 0.138 e. The van der Waals surface area contributed by atoms with E-state index in [9.17, 15) is 5.26 Å². The second kappa shape index (κ2) is 8.87. The van der Waals surface area contributed by atoms with Crippen molar-refractivity contribution < 1.29 is 9.47 Å². The zero-order valence-electron chi connectivity index (χ0n) is 19.4. The van der Waals surface area contributed by atoms with E-state index in [-0.39, 0.29) is 0 Å². The summed E-state index contributed by atoms with van der Waals surface area (Å²) in [4.78, 5) is 12.0. The molecule has 2 unspecified atom stereocenters. The number of nitrogens with zero attached hydrogens (tertiary/aromatic N) is 7. The molecule has 4 saturated heterocycles. The van der Waals surface area contributed by atoms with Gasteiger partial charge in [0.2, 0.25) is 0 Å². The van der Waals surface area contributed by atoms with Gasteiger partial charge >= 0.3 is 0 Å². The van der Waals surface area contributed by atoms with Gasteiger partial charge in [-0.05, 0) is 31.7 Å². The molecular formula is C25H29N7O2. The largest absolute Gasteiger partial charge is 0.491 e. The van der Waals surface area contributed by atoms with Gasteiger partial charge in [-0.25, -0.2) is 9.50 Å². The number of ether oxygens (including phenoxy) is 2. The third-order valence-corrected chi connectivity index (χ3v) is 7.43. The second-order valence-corrected chi connectivity index (χ2v) is 9.37. The van der Waals surface area contributed by atoms with Gasteiger partial charge in [-0.2, -0.15) is 10.4 Å². The summed E-state index contributed by atoms with van der Waals surface area (Å²) in [7, 11) is 2.21. The number of fused-ring (bicyclic) bond motifs is 3. The van der Waals surface area contributed by atoms with Crippen molar-refractivity contribution in [3.8, 4) is 22.9 Å². The molecule has 7 heterocycles. The average Bonchev–Trinajstić information content (AvgIpc) is 3.32. The van der Waals surface area contributed by atoms with Crippen LogP contribution in [0.3, 0.4) is 0 Å². The molecule has 0 saturated carbocycles. The molecule has 4 aliphatic rings. The third-order valence-electron chi connectivity index (χ3n) is 7.43. The number of piperazine rings is 1. The lowest BCUT2D eigenvalue weighted by atomic mass is 9.88. The van der Waals surface area contributed by atoms with Gasteiger partial charge in [0.1, 0.15) is 24.2 Å². The molecule has 0 aliphatic carbocycles. The summed E-state index contributed by atoms with van der Waals surface area (Å²) in [6, 6.07) is 9.72. The van der Waals surface area contributed by atoms with Gasteiger partial charge in [-0.15, -0.1) is 0 Å². The number of piperidine rings is 1. The van der Waals surface area contributed by atoms with Crippen LogP contribution in [-0.2, 0) is 4.74 Å². The number of anilines is 1. The fourth-order valence-corrected chi connectivity index (χ4v) is 5.31. The van der Waals surface area contributed by atoms with Crippen LogP contribution in [0.1, 0.15) is 12.0 Å². The summed E-state index contributed by atoms with van der Waals surface area (Å²) in [5.74, 6) is 1.74. The smallest absolute Gasteiger partial charge is 0.138 e. The molecule has 0 amide bonds. The molecule has 0 radical (unpaired) electrons. The lowest BCUT2D eigenvalue weighted by Crippen LogP contribution is -2.67. The van der Waals surface area contributed by atoms with Gasteiger partial charge in [0.25, 0.3) is 0 Å². The van der Waals surface area contributed by atoms with Crippen molar-refractivity contribution in [1.29, 1.82) is 5.26 Å². The quantitative estimate of drug-likeness (QED) is 0.553. The normalized spacial score (nSPS) is 23.0. The number of morpholine rings is 1. The van der Waals surface area contributed by atoms with Gasteiger partial charge in [0.15, 0.2) is 0 Å². The molecule has 0 aromatic carbocycles. The van der Waals surface area contributed by atoms with Crippen molar-refractivity contribution in [1.82, 2.24) is 24.4 Å². The molecule has 2 bridgehead atoms. The fourth-order valence-electron chi connectivity index (χ4n) is 5.31. The molecule has 3 aromatic heterocycles. The molecule has 0 spiro atoms. The van der Waals surface area contributed by atoms with Crippen LogP contribution in [0.15, 0.2) is 36.8 Å². The lowest BCUT2D eigenvalue weighted by molar-refractivity contribution is 0.0261. The molecule has 3 aromatic rings. The van der Waals surface area contributed by atoms with Crippen molar-refractivity contribution in [2.24, 2.45) is 0 Å². The van der Waals surface area contributed by atoms with Gasteiger partial charge in [-0.3, -0.25) is 9.80 Å². The average molecular weight is 460 g/mol. The van der Waals surface area contributed by atoms with Gasteiger partial charge in [-0.1, -0.05) is 0 Å². The summed E-state index contributed by atoms with van der Waals surface area (Å²) in [6.45, 7) is 6.91. The van der Waals surface area contributed by atoms with Crippen LogP contribution < -0.4 is 9.64 Å². The maximum atomic E-state index is 9.64. The topological polar surface area (TPSA) is 82.2 Å². The monoisotopic (exact) mass is 459 g/mol. The molecule has 0 N–H and O–H groups in total. The highest BCUT2D eigenvalue weighted by molar-refractivity contribution is 5.85. The maximum absolute atomic E-state index is 9.64. The Morgan fingerprint density at radius 3 is 2.71 bits per heavy atom. The van der Waals surface area contributed by atoms with E-state index < -0.39 is 0 Å². The SMILES string of the molecule is CN1C2CC1CN(c1ccc(-c3cc(OCCN4CCOCC4)cn4ncc(C#N)c34)cn1)C2. The predicted octanol–water partition coefficient (Wildman–Crippen LogP) is 1.87. The van der Waals surface area contributed by atoms with E-state index in [1.165, 1.54) is 6.42 Å². The lowest BCUT2D eigenvalue weighted by Gasteiger charge is -2.55. The van der Waals surface area contributed by atoms with Crippen LogP contribution in [0.5, 0.6) is 5.75 Å². The standard InChI is InChI=1S/C25H29N7O2/c1-29-20-10-21(29)16-31(15-20)24-3-2-18(13-27-24)23-11-22(17-32-25(23)19(12-26)14-28-32)34-9-6-30-4-7-33-8-5-30/h2-3,11,13-14,17,20-21H,4-10,15-16H2,1H3. The second-order valence-electron chi connectivity index (χ2n) is 9.37.